The lowest BCUT2D eigenvalue weighted by atomic mass is 10.2. The van der Waals surface area contributed by atoms with Gasteiger partial charge in [0.2, 0.25) is 0 Å². The molecular weight excluding hydrogens is 299 g/mol. The molecule has 122 valence electrons. The van der Waals surface area contributed by atoms with Crippen molar-refractivity contribution in [1.82, 2.24) is 9.97 Å². The molecule has 0 aliphatic heterocycles. The van der Waals surface area contributed by atoms with Gasteiger partial charge in [-0.3, -0.25) is 4.79 Å². The molecule has 8 heteroatoms. The second-order valence-electron chi connectivity index (χ2n) is 5.09. The molecule has 2 heterocycles. The summed E-state index contributed by atoms with van der Waals surface area (Å²) in [6, 6.07) is 4.74. The second-order valence-corrected chi connectivity index (χ2v) is 5.09. The third-order valence-corrected chi connectivity index (χ3v) is 3.02. The summed E-state index contributed by atoms with van der Waals surface area (Å²) in [4.78, 5) is 19.9. The summed E-state index contributed by atoms with van der Waals surface area (Å²) >= 11 is 0. The molecule has 0 aromatic carbocycles. The van der Waals surface area contributed by atoms with Gasteiger partial charge in [-0.2, -0.15) is 0 Å². The van der Waals surface area contributed by atoms with Gasteiger partial charge < -0.3 is 22.1 Å². The maximum Gasteiger partial charge on any atom is 0.252 e. The number of nitrogens with two attached hydrogens (primary N) is 2. The number of primary amides is 1. The largest absolute Gasteiger partial charge is 0.366 e. The number of aromatic nitrogens is 2. The fourth-order valence-corrected chi connectivity index (χ4v) is 2.11. The van der Waals surface area contributed by atoms with Crippen molar-refractivity contribution in [1.29, 1.82) is 0 Å². The molecule has 0 bridgehead atoms. The van der Waals surface area contributed by atoms with E-state index in [4.69, 9.17) is 11.5 Å². The highest BCUT2D eigenvalue weighted by atomic mass is 19.1. The quantitative estimate of drug-likeness (QED) is 0.640. The lowest BCUT2D eigenvalue weighted by molar-refractivity contribution is 0.100. The first-order valence-corrected chi connectivity index (χ1v) is 7.07. The molecule has 6 N–H and O–H groups in total. The topological polar surface area (TPSA) is 119 Å². The van der Waals surface area contributed by atoms with E-state index in [1.807, 2.05) is 19.9 Å². The molecule has 2 aromatic heterocycles. The number of amides is 1. The number of anilines is 3. The summed E-state index contributed by atoms with van der Waals surface area (Å²) < 4.78 is 14.0. The number of rotatable bonds is 6. The molecule has 0 saturated heterocycles. The summed E-state index contributed by atoms with van der Waals surface area (Å²) in [5.41, 5.74) is 12.4. The van der Waals surface area contributed by atoms with Crippen LogP contribution < -0.4 is 22.1 Å². The van der Waals surface area contributed by atoms with Gasteiger partial charge in [0, 0.05) is 18.8 Å². The number of carbonyl (C=O) groups is 1. The van der Waals surface area contributed by atoms with Crippen molar-refractivity contribution in [3.8, 4) is 0 Å². The summed E-state index contributed by atoms with van der Waals surface area (Å²) in [6.07, 6.45) is 0. The van der Waals surface area contributed by atoms with Crippen LogP contribution in [0.15, 0.2) is 18.2 Å². The van der Waals surface area contributed by atoms with Gasteiger partial charge >= 0.3 is 0 Å². The maximum absolute atomic E-state index is 14.0. The third kappa shape index (κ3) is 4.13. The molecule has 0 radical (unpaired) electrons. The Bertz CT molecular complexity index is 714. The van der Waals surface area contributed by atoms with E-state index in [1.54, 1.807) is 6.07 Å². The minimum atomic E-state index is -0.784. The SMILES string of the molecule is Cc1cc(C)nc(Nc2nc(NCCN)c(F)cc2C(N)=O)c1. The zero-order chi connectivity index (χ0) is 17.0. The Morgan fingerprint density at radius 2 is 1.96 bits per heavy atom. The van der Waals surface area contributed by atoms with Crippen LogP contribution in [0.1, 0.15) is 21.6 Å². The fraction of sp³-hybridized carbons (Fsp3) is 0.267. The molecule has 1 amide bonds. The normalized spacial score (nSPS) is 10.4. The van der Waals surface area contributed by atoms with Crippen molar-refractivity contribution >= 4 is 23.4 Å². The number of aryl methyl sites for hydroxylation is 2. The smallest absolute Gasteiger partial charge is 0.252 e. The van der Waals surface area contributed by atoms with Crippen molar-refractivity contribution in [2.45, 2.75) is 13.8 Å². The Labute approximate surface area is 133 Å². The number of nitrogens with one attached hydrogen (secondary N) is 2. The first kappa shape index (κ1) is 16.6. The number of pyridine rings is 2. The van der Waals surface area contributed by atoms with Gasteiger partial charge in [-0.25, -0.2) is 14.4 Å². The van der Waals surface area contributed by atoms with Crippen LogP contribution in [0.5, 0.6) is 0 Å². The molecule has 0 fully saturated rings. The van der Waals surface area contributed by atoms with E-state index >= 15 is 0 Å². The summed E-state index contributed by atoms with van der Waals surface area (Å²) in [7, 11) is 0. The van der Waals surface area contributed by atoms with Crippen LogP contribution in [0, 0.1) is 19.7 Å². The predicted molar refractivity (Wildman–Crippen MR) is 87.3 cm³/mol. The van der Waals surface area contributed by atoms with Crippen LogP contribution in [0.2, 0.25) is 0 Å². The molecule has 0 unspecified atom stereocenters. The van der Waals surface area contributed by atoms with Crippen molar-refractivity contribution in [3.05, 3.63) is 40.8 Å². The van der Waals surface area contributed by atoms with Gasteiger partial charge in [0.1, 0.15) is 11.6 Å². The molecule has 2 aromatic rings. The molecule has 0 saturated carbocycles. The van der Waals surface area contributed by atoms with Crippen molar-refractivity contribution in [3.63, 3.8) is 0 Å². The van der Waals surface area contributed by atoms with Crippen LogP contribution in [0.4, 0.5) is 21.8 Å². The van der Waals surface area contributed by atoms with E-state index in [0.717, 1.165) is 17.3 Å². The summed E-state index contributed by atoms with van der Waals surface area (Å²) in [5.74, 6) is -0.836. The minimum absolute atomic E-state index is 0.00711. The van der Waals surface area contributed by atoms with E-state index in [9.17, 15) is 9.18 Å². The second kappa shape index (κ2) is 7.01. The van der Waals surface area contributed by atoms with E-state index in [1.165, 1.54) is 0 Å². The fourth-order valence-electron chi connectivity index (χ4n) is 2.11. The van der Waals surface area contributed by atoms with Gasteiger partial charge in [0.05, 0.1) is 5.56 Å². The van der Waals surface area contributed by atoms with E-state index < -0.39 is 11.7 Å². The zero-order valence-corrected chi connectivity index (χ0v) is 13.0. The first-order valence-electron chi connectivity index (χ1n) is 7.07. The Morgan fingerprint density at radius 1 is 1.22 bits per heavy atom. The molecule has 7 nitrogen and oxygen atoms in total. The van der Waals surface area contributed by atoms with Crippen LogP contribution in [-0.4, -0.2) is 29.0 Å². The van der Waals surface area contributed by atoms with Gasteiger partial charge in [-0.05, 0) is 37.6 Å². The van der Waals surface area contributed by atoms with E-state index in [2.05, 4.69) is 20.6 Å². The maximum atomic E-state index is 14.0. The van der Waals surface area contributed by atoms with Crippen LogP contribution >= 0.6 is 0 Å². The van der Waals surface area contributed by atoms with Crippen LogP contribution in [0.3, 0.4) is 0 Å². The highest BCUT2D eigenvalue weighted by molar-refractivity contribution is 5.98. The monoisotopic (exact) mass is 318 g/mol. The van der Waals surface area contributed by atoms with E-state index in [-0.39, 0.29) is 17.2 Å². The zero-order valence-electron chi connectivity index (χ0n) is 13.0. The summed E-state index contributed by atoms with van der Waals surface area (Å²) in [5, 5.41) is 5.67. The highest BCUT2D eigenvalue weighted by Gasteiger charge is 2.16. The highest BCUT2D eigenvalue weighted by Crippen LogP contribution is 2.23. The Balaban J connectivity index is 2.43. The number of carbonyl (C=O) groups excluding carboxylic acids is 1. The molecule has 2 rings (SSSR count). The van der Waals surface area contributed by atoms with E-state index in [0.29, 0.717) is 18.9 Å². The van der Waals surface area contributed by atoms with Gasteiger partial charge in [-0.15, -0.1) is 0 Å². The average Bonchev–Trinajstić information content (AvgIpc) is 2.46. The molecule has 0 aliphatic rings. The Kier molecular flexibility index (Phi) is 5.07. The first-order chi connectivity index (χ1) is 10.9. The third-order valence-electron chi connectivity index (χ3n) is 3.02. The van der Waals surface area contributed by atoms with Crippen molar-refractivity contribution < 1.29 is 9.18 Å². The number of nitrogens with zero attached hydrogens (tertiary/aromatic N) is 2. The molecule has 0 spiro atoms. The van der Waals surface area contributed by atoms with Crippen molar-refractivity contribution in [2.75, 3.05) is 23.7 Å². The number of hydrogen-bond acceptors (Lipinski definition) is 6. The van der Waals surface area contributed by atoms with Gasteiger partial charge in [-0.1, -0.05) is 0 Å². The van der Waals surface area contributed by atoms with Crippen molar-refractivity contribution in [2.24, 2.45) is 11.5 Å². The standard InChI is InChI=1S/C15H19FN6O/c1-8-5-9(2)20-12(6-8)21-14-10(13(18)23)7-11(16)15(22-14)19-4-3-17/h5-7H,3-4,17H2,1-2H3,(H2,18,23)(H2,19,20,21,22). The Morgan fingerprint density at radius 3 is 2.57 bits per heavy atom. The lowest BCUT2D eigenvalue weighted by Gasteiger charge is -2.13. The molecular formula is C15H19FN6O. The molecule has 0 atom stereocenters. The molecule has 0 aliphatic carbocycles. The molecule has 23 heavy (non-hydrogen) atoms. The number of hydrogen-bond donors (Lipinski definition) is 4. The van der Waals surface area contributed by atoms with Gasteiger partial charge in [0.15, 0.2) is 11.6 Å². The average molecular weight is 318 g/mol. The summed E-state index contributed by atoms with van der Waals surface area (Å²) in [6.45, 7) is 4.43. The number of halogens is 1. The minimum Gasteiger partial charge on any atom is -0.366 e. The Hall–Kier alpha value is -2.74. The van der Waals surface area contributed by atoms with Crippen LogP contribution in [-0.2, 0) is 0 Å². The van der Waals surface area contributed by atoms with Gasteiger partial charge in [0.25, 0.3) is 5.91 Å². The lowest BCUT2D eigenvalue weighted by Crippen LogP contribution is -2.19. The predicted octanol–water partition coefficient (Wildman–Crippen LogP) is 1.45. The van der Waals surface area contributed by atoms with Crippen LogP contribution in [0.25, 0.3) is 0 Å².